The molecule has 1 saturated carbocycles. The Balaban J connectivity index is 2.01. The molecule has 1 rings (SSSR count). The first-order valence-corrected chi connectivity index (χ1v) is 6.61. The maximum Gasteiger partial charge on any atom is 0.0153 e. The normalized spacial score (nSPS) is 21.8. The van der Waals surface area contributed by atoms with Gasteiger partial charge in [0, 0.05) is 5.54 Å². The molecule has 0 aromatic carbocycles. The molecule has 0 aliphatic heterocycles. The van der Waals surface area contributed by atoms with Crippen LogP contribution in [-0.2, 0) is 0 Å². The van der Waals surface area contributed by atoms with E-state index in [0.29, 0.717) is 5.54 Å². The molecule has 1 unspecified atom stereocenters. The van der Waals surface area contributed by atoms with Gasteiger partial charge >= 0.3 is 0 Å². The van der Waals surface area contributed by atoms with Crippen LogP contribution in [0, 0.1) is 5.92 Å². The van der Waals surface area contributed by atoms with Crippen molar-refractivity contribution in [3.63, 3.8) is 0 Å². The van der Waals surface area contributed by atoms with Crippen LogP contribution in [0.3, 0.4) is 0 Å². The third-order valence-electron chi connectivity index (χ3n) is 3.79. The molecule has 0 heterocycles. The molecule has 90 valence electrons. The molecule has 2 nitrogen and oxygen atoms in total. The number of nitrogens with two attached hydrogens (primary N) is 1. The first-order valence-electron chi connectivity index (χ1n) is 6.61. The van der Waals surface area contributed by atoms with Crippen molar-refractivity contribution in [2.75, 3.05) is 13.1 Å². The molecule has 15 heavy (non-hydrogen) atoms. The predicted octanol–water partition coefficient (Wildman–Crippen LogP) is 2.67. The van der Waals surface area contributed by atoms with Gasteiger partial charge in [-0.2, -0.15) is 0 Å². The Hall–Kier alpha value is -0.0800. The van der Waals surface area contributed by atoms with E-state index < -0.39 is 0 Å². The summed E-state index contributed by atoms with van der Waals surface area (Å²) in [6.07, 6.45) is 9.35. The largest absolute Gasteiger partial charge is 0.330 e. The Labute approximate surface area is 95.0 Å². The average Bonchev–Trinajstić information content (AvgIpc) is 2.61. The molecule has 1 atom stereocenters. The van der Waals surface area contributed by atoms with Gasteiger partial charge < -0.3 is 11.1 Å². The number of nitrogens with one attached hydrogen (secondary N) is 1. The summed E-state index contributed by atoms with van der Waals surface area (Å²) in [5, 5.41) is 3.72. The fourth-order valence-electron chi connectivity index (χ4n) is 2.60. The van der Waals surface area contributed by atoms with Gasteiger partial charge in [-0.1, -0.05) is 19.8 Å². The van der Waals surface area contributed by atoms with Crippen LogP contribution in [0.4, 0.5) is 0 Å². The third kappa shape index (κ3) is 4.98. The topological polar surface area (TPSA) is 38.0 Å². The highest BCUT2D eigenvalue weighted by Gasteiger charge is 2.27. The maximum atomic E-state index is 5.54. The number of rotatable bonds is 7. The second kappa shape index (κ2) is 6.49. The Morgan fingerprint density at radius 2 is 1.93 bits per heavy atom. The summed E-state index contributed by atoms with van der Waals surface area (Å²) in [4.78, 5) is 0. The Bertz CT molecular complexity index is 162. The molecule has 0 aromatic rings. The predicted molar refractivity (Wildman–Crippen MR) is 66.9 cm³/mol. The average molecular weight is 212 g/mol. The van der Waals surface area contributed by atoms with E-state index in [-0.39, 0.29) is 0 Å². The lowest BCUT2D eigenvalue weighted by molar-refractivity contribution is 0.351. The molecule has 2 heteroatoms. The van der Waals surface area contributed by atoms with E-state index in [9.17, 15) is 0 Å². The zero-order valence-corrected chi connectivity index (χ0v) is 10.5. The quantitative estimate of drug-likeness (QED) is 0.637. The third-order valence-corrected chi connectivity index (χ3v) is 3.79. The van der Waals surface area contributed by atoms with Crippen molar-refractivity contribution in [1.82, 2.24) is 5.32 Å². The van der Waals surface area contributed by atoms with Gasteiger partial charge in [0.25, 0.3) is 0 Å². The van der Waals surface area contributed by atoms with Crippen molar-refractivity contribution in [3.05, 3.63) is 0 Å². The van der Waals surface area contributed by atoms with E-state index in [0.717, 1.165) is 12.5 Å². The molecule has 0 amide bonds. The van der Waals surface area contributed by atoms with Crippen LogP contribution >= 0.6 is 0 Å². The fourth-order valence-corrected chi connectivity index (χ4v) is 2.60. The van der Waals surface area contributed by atoms with Gasteiger partial charge in [0.15, 0.2) is 0 Å². The standard InChI is InChI=1S/C13H28N2/c1-12(7-10-14)6-5-11-15-13(2)8-3-4-9-13/h12,15H,3-11,14H2,1-2H3. The summed E-state index contributed by atoms with van der Waals surface area (Å²) in [5.41, 5.74) is 5.99. The minimum atomic E-state index is 0.455. The summed E-state index contributed by atoms with van der Waals surface area (Å²) in [7, 11) is 0. The van der Waals surface area contributed by atoms with Crippen LogP contribution in [0.15, 0.2) is 0 Å². The Kier molecular flexibility index (Phi) is 5.62. The molecule has 0 saturated heterocycles. The molecule has 0 radical (unpaired) electrons. The summed E-state index contributed by atoms with van der Waals surface area (Å²) >= 11 is 0. The monoisotopic (exact) mass is 212 g/mol. The van der Waals surface area contributed by atoms with E-state index in [1.807, 2.05) is 0 Å². The van der Waals surface area contributed by atoms with Crippen molar-refractivity contribution in [1.29, 1.82) is 0 Å². The van der Waals surface area contributed by atoms with E-state index in [4.69, 9.17) is 5.73 Å². The first-order chi connectivity index (χ1) is 7.16. The summed E-state index contributed by atoms with van der Waals surface area (Å²) in [5.74, 6) is 0.799. The van der Waals surface area contributed by atoms with Crippen molar-refractivity contribution in [3.8, 4) is 0 Å². The van der Waals surface area contributed by atoms with Crippen LogP contribution in [-0.4, -0.2) is 18.6 Å². The van der Waals surface area contributed by atoms with Crippen LogP contribution in [0.1, 0.15) is 58.8 Å². The molecule has 1 aliphatic carbocycles. The van der Waals surface area contributed by atoms with Gasteiger partial charge in [-0.3, -0.25) is 0 Å². The van der Waals surface area contributed by atoms with Gasteiger partial charge in [0.05, 0.1) is 0 Å². The zero-order chi connectivity index (χ0) is 11.1. The molecule has 1 aliphatic rings. The highest BCUT2D eigenvalue weighted by molar-refractivity contribution is 4.87. The van der Waals surface area contributed by atoms with Gasteiger partial charge in [-0.05, 0) is 58.0 Å². The lowest BCUT2D eigenvalue weighted by Crippen LogP contribution is -2.40. The van der Waals surface area contributed by atoms with Crippen molar-refractivity contribution in [2.45, 2.75) is 64.3 Å². The molecule has 1 fully saturated rings. The van der Waals surface area contributed by atoms with E-state index in [1.54, 1.807) is 0 Å². The lowest BCUT2D eigenvalue weighted by Gasteiger charge is -2.25. The molecular weight excluding hydrogens is 184 g/mol. The SMILES string of the molecule is CC(CCN)CCCNC1(C)CCCC1. The highest BCUT2D eigenvalue weighted by Crippen LogP contribution is 2.28. The smallest absolute Gasteiger partial charge is 0.0153 e. The van der Waals surface area contributed by atoms with Crippen molar-refractivity contribution >= 4 is 0 Å². The maximum absolute atomic E-state index is 5.54. The Morgan fingerprint density at radius 1 is 1.27 bits per heavy atom. The van der Waals surface area contributed by atoms with Crippen LogP contribution < -0.4 is 11.1 Å². The fraction of sp³-hybridized carbons (Fsp3) is 1.00. The van der Waals surface area contributed by atoms with Gasteiger partial charge in [-0.25, -0.2) is 0 Å². The summed E-state index contributed by atoms with van der Waals surface area (Å²) < 4.78 is 0. The van der Waals surface area contributed by atoms with Crippen LogP contribution in [0.2, 0.25) is 0 Å². The van der Waals surface area contributed by atoms with Gasteiger partial charge in [-0.15, -0.1) is 0 Å². The van der Waals surface area contributed by atoms with Gasteiger partial charge in [0.2, 0.25) is 0 Å². The van der Waals surface area contributed by atoms with E-state index in [1.165, 1.54) is 51.5 Å². The molecule has 0 aromatic heterocycles. The number of hydrogen-bond acceptors (Lipinski definition) is 2. The lowest BCUT2D eigenvalue weighted by atomic mass is 9.99. The van der Waals surface area contributed by atoms with Crippen molar-refractivity contribution in [2.24, 2.45) is 11.7 Å². The molecule has 0 spiro atoms. The second-order valence-corrected chi connectivity index (χ2v) is 5.52. The number of hydrogen-bond donors (Lipinski definition) is 2. The Morgan fingerprint density at radius 3 is 2.53 bits per heavy atom. The van der Waals surface area contributed by atoms with Crippen LogP contribution in [0.25, 0.3) is 0 Å². The molecular formula is C13H28N2. The van der Waals surface area contributed by atoms with Crippen molar-refractivity contribution < 1.29 is 0 Å². The highest BCUT2D eigenvalue weighted by atomic mass is 15.0. The minimum Gasteiger partial charge on any atom is -0.330 e. The van der Waals surface area contributed by atoms with E-state index in [2.05, 4.69) is 19.2 Å². The minimum absolute atomic E-state index is 0.455. The second-order valence-electron chi connectivity index (χ2n) is 5.52. The zero-order valence-electron chi connectivity index (χ0n) is 10.5. The first kappa shape index (κ1) is 13.0. The van der Waals surface area contributed by atoms with E-state index >= 15 is 0 Å². The molecule has 0 bridgehead atoms. The van der Waals surface area contributed by atoms with Gasteiger partial charge in [0.1, 0.15) is 0 Å². The summed E-state index contributed by atoms with van der Waals surface area (Å²) in [6.45, 7) is 6.71. The van der Waals surface area contributed by atoms with Crippen LogP contribution in [0.5, 0.6) is 0 Å². The molecule has 3 N–H and O–H groups in total. The summed E-state index contributed by atoms with van der Waals surface area (Å²) in [6, 6.07) is 0.